The van der Waals surface area contributed by atoms with Gasteiger partial charge >= 0.3 is 6.03 Å². The number of thiophene rings is 1. The zero-order chi connectivity index (χ0) is 16.7. The molecule has 0 aliphatic heterocycles. The first-order valence-electron chi connectivity index (χ1n) is 7.12. The fraction of sp³-hybridized carbons (Fsp3) is 0.250. The number of carbonyl (C=O) groups is 2. The van der Waals surface area contributed by atoms with Crippen molar-refractivity contribution >= 4 is 40.6 Å². The van der Waals surface area contributed by atoms with Crippen LogP contribution in [-0.4, -0.2) is 30.4 Å². The molecule has 0 radical (unpaired) electrons. The van der Waals surface area contributed by atoms with Gasteiger partial charge in [0.1, 0.15) is 0 Å². The van der Waals surface area contributed by atoms with Gasteiger partial charge < -0.3 is 15.5 Å². The molecule has 0 atom stereocenters. The van der Waals surface area contributed by atoms with Crippen molar-refractivity contribution in [3.8, 4) is 0 Å². The predicted octanol–water partition coefficient (Wildman–Crippen LogP) is 3.57. The monoisotopic (exact) mass is 351 g/mol. The number of hydrogen-bond donors (Lipinski definition) is 2. The van der Waals surface area contributed by atoms with E-state index in [9.17, 15) is 9.59 Å². The van der Waals surface area contributed by atoms with E-state index in [4.69, 9.17) is 11.6 Å². The molecule has 2 rings (SSSR count). The van der Waals surface area contributed by atoms with Crippen LogP contribution < -0.4 is 10.6 Å². The van der Waals surface area contributed by atoms with Gasteiger partial charge in [0.05, 0.1) is 10.9 Å². The fourth-order valence-corrected chi connectivity index (χ4v) is 3.07. The molecule has 1 heterocycles. The summed E-state index contributed by atoms with van der Waals surface area (Å²) in [4.78, 5) is 26.4. The quantitative estimate of drug-likeness (QED) is 0.835. The lowest BCUT2D eigenvalue weighted by atomic mass is 10.3. The molecular formula is C16H18ClN3O2S. The highest BCUT2D eigenvalue weighted by Gasteiger charge is 2.11. The van der Waals surface area contributed by atoms with E-state index >= 15 is 0 Å². The van der Waals surface area contributed by atoms with Gasteiger partial charge in [0, 0.05) is 30.6 Å². The average molecular weight is 352 g/mol. The minimum absolute atomic E-state index is 0.0328. The first-order valence-corrected chi connectivity index (χ1v) is 8.32. The normalized spacial score (nSPS) is 10.2. The summed E-state index contributed by atoms with van der Waals surface area (Å²) >= 11 is 7.32. The van der Waals surface area contributed by atoms with Gasteiger partial charge in [-0.05, 0) is 24.3 Å². The van der Waals surface area contributed by atoms with Crippen molar-refractivity contribution in [1.29, 1.82) is 0 Å². The largest absolute Gasteiger partial charge is 0.341 e. The molecule has 3 amide bonds. The maximum Gasteiger partial charge on any atom is 0.319 e. The topological polar surface area (TPSA) is 61.4 Å². The van der Waals surface area contributed by atoms with Gasteiger partial charge in [-0.25, -0.2) is 4.79 Å². The molecule has 5 nitrogen and oxygen atoms in total. The number of rotatable bonds is 6. The predicted molar refractivity (Wildman–Crippen MR) is 93.9 cm³/mol. The number of nitrogens with zero attached hydrogens (tertiary/aromatic N) is 1. The van der Waals surface area contributed by atoms with Gasteiger partial charge in [-0.1, -0.05) is 29.8 Å². The Morgan fingerprint density at radius 1 is 1.17 bits per heavy atom. The third-order valence-corrected chi connectivity index (χ3v) is 4.32. The molecule has 0 saturated carbocycles. The molecule has 0 spiro atoms. The van der Waals surface area contributed by atoms with Gasteiger partial charge in [-0.3, -0.25) is 4.79 Å². The summed E-state index contributed by atoms with van der Waals surface area (Å²) in [6.07, 6.45) is 0.248. The zero-order valence-corrected chi connectivity index (χ0v) is 14.3. The third kappa shape index (κ3) is 5.92. The van der Waals surface area contributed by atoms with E-state index in [1.807, 2.05) is 30.3 Å². The van der Waals surface area contributed by atoms with Crippen LogP contribution in [0.5, 0.6) is 0 Å². The Labute approximate surface area is 144 Å². The molecule has 1 aromatic carbocycles. The molecule has 0 unspecified atom stereocenters. The summed E-state index contributed by atoms with van der Waals surface area (Å²) in [5.41, 5.74) is 0.711. The molecule has 0 bridgehead atoms. The molecule has 1 aromatic heterocycles. The minimum Gasteiger partial charge on any atom is -0.341 e. The Morgan fingerprint density at radius 3 is 2.57 bits per heavy atom. The van der Waals surface area contributed by atoms with Gasteiger partial charge in [0.15, 0.2) is 0 Å². The number of hydrogen-bond acceptors (Lipinski definition) is 3. The second-order valence-corrected chi connectivity index (χ2v) is 6.75. The highest BCUT2D eigenvalue weighted by atomic mass is 35.5. The summed E-state index contributed by atoms with van der Waals surface area (Å²) in [7, 11) is 1.74. The van der Waals surface area contributed by atoms with Crippen molar-refractivity contribution in [2.45, 2.75) is 13.0 Å². The summed E-state index contributed by atoms with van der Waals surface area (Å²) in [5.74, 6) is -0.0328. The molecule has 0 fully saturated rings. The molecule has 0 aliphatic rings. The van der Waals surface area contributed by atoms with Crippen molar-refractivity contribution in [3.63, 3.8) is 0 Å². The second kappa shape index (κ2) is 8.55. The fourth-order valence-electron chi connectivity index (χ4n) is 1.93. The number of carbonyl (C=O) groups excluding carboxylic acids is 2. The molecule has 7 heteroatoms. The van der Waals surface area contributed by atoms with Crippen molar-refractivity contribution in [2.24, 2.45) is 0 Å². The highest BCUT2D eigenvalue weighted by Crippen LogP contribution is 2.22. The number of anilines is 1. The Bertz CT molecular complexity index is 660. The highest BCUT2D eigenvalue weighted by molar-refractivity contribution is 7.16. The summed E-state index contributed by atoms with van der Waals surface area (Å²) in [6, 6.07) is 12.5. The number of benzene rings is 1. The van der Waals surface area contributed by atoms with Crippen molar-refractivity contribution in [1.82, 2.24) is 10.2 Å². The van der Waals surface area contributed by atoms with Gasteiger partial charge in [0.25, 0.3) is 0 Å². The zero-order valence-electron chi connectivity index (χ0n) is 12.7. The summed E-state index contributed by atoms with van der Waals surface area (Å²) in [6.45, 7) is 0.805. The molecule has 2 N–H and O–H groups in total. The number of halogens is 1. The van der Waals surface area contributed by atoms with Gasteiger partial charge in [-0.2, -0.15) is 0 Å². The van der Waals surface area contributed by atoms with E-state index in [1.54, 1.807) is 24.1 Å². The van der Waals surface area contributed by atoms with E-state index < -0.39 is 0 Å². The number of para-hydroxylation sites is 1. The minimum atomic E-state index is -0.323. The van der Waals surface area contributed by atoms with Crippen molar-refractivity contribution in [2.75, 3.05) is 18.9 Å². The first kappa shape index (κ1) is 17.3. The molecule has 2 aromatic rings. The molecular weight excluding hydrogens is 334 g/mol. The lowest BCUT2D eigenvalue weighted by molar-refractivity contribution is -0.130. The smallest absolute Gasteiger partial charge is 0.319 e. The van der Waals surface area contributed by atoms with Crippen LogP contribution in [0.15, 0.2) is 42.5 Å². The number of nitrogens with one attached hydrogen (secondary N) is 2. The Morgan fingerprint density at radius 2 is 1.91 bits per heavy atom. The summed E-state index contributed by atoms with van der Waals surface area (Å²) < 4.78 is 0.708. The van der Waals surface area contributed by atoms with Crippen molar-refractivity contribution < 1.29 is 9.59 Å². The van der Waals surface area contributed by atoms with Crippen LogP contribution in [0, 0.1) is 0 Å². The molecule has 23 heavy (non-hydrogen) atoms. The Hall–Kier alpha value is -2.05. The van der Waals surface area contributed by atoms with E-state index in [0.29, 0.717) is 16.6 Å². The standard InChI is InChI=1S/C16H18ClN3O2S/c1-20(11-13-7-8-14(17)23-13)15(21)9-10-18-16(22)19-12-5-3-2-4-6-12/h2-8H,9-11H2,1H3,(H2,18,19,22). The summed E-state index contributed by atoms with van der Waals surface area (Å²) in [5, 5.41) is 5.37. The Kier molecular flexibility index (Phi) is 6.43. The van der Waals surface area contributed by atoms with Crippen LogP contribution in [0.3, 0.4) is 0 Å². The van der Waals surface area contributed by atoms with E-state index in [2.05, 4.69) is 10.6 Å². The lowest BCUT2D eigenvalue weighted by Crippen LogP contribution is -2.33. The van der Waals surface area contributed by atoms with Gasteiger partial charge in [0.2, 0.25) is 5.91 Å². The molecule has 0 aliphatic carbocycles. The van der Waals surface area contributed by atoms with Crippen LogP contribution in [0.4, 0.5) is 10.5 Å². The van der Waals surface area contributed by atoms with E-state index in [0.717, 1.165) is 4.88 Å². The molecule has 0 saturated heterocycles. The van der Waals surface area contributed by atoms with Crippen LogP contribution in [-0.2, 0) is 11.3 Å². The van der Waals surface area contributed by atoms with E-state index in [1.165, 1.54) is 11.3 Å². The van der Waals surface area contributed by atoms with Crippen LogP contribution >= 0.6 is 22.9 Å². The Balaban J connectivity index is 1.68. The van der Waals surface area contributed by atoms with Crippen LogP contribution in [0.2, 0.25) is 4.34 Å². The second-order valence-electron chi connectivity index (χ2n) is 4.95. The van der Waals surface area contributed by atoms with Gasteiger partial charge in [-0.15, -0.1) is 11.3 Å². The first-order chi connectivity index (χ1) is 11.0. The number of amides is 3. The average Bonchev–Trinajstić information content (AvgIpc) is 2.93. The maximum absolute atomic E-state index is 12.0. The lowest BCUT2D eigenvalue weighted by Gasteiger charge is -2.16. The SMILES string of the molecule is CN(Cc1ccc(Cl)s1)C(=O)CCNC(=O)Nc1ccccc1. The van der Waals surface area contributed by atoms with Crippen LogP contribution in [0.1, 0.15) is 11.3 Å². The van der Waals surface area contributed by atoms with Crippen LogP contribution in [0.25, 0.3) is 0 Å². The number of urea groups is 1. The maximum atomic E-state index is 12.0. The van der Waals surface area contributed by atoms with E-state index in [-0.39, 0.29) is 24.9 Å². The third-order valence-electron chi connectivity index (χ3n) is 3.10. The molecule has 122 valence electrons. The van der Waals surface area contributed by atoms with Crippen molar-refractivity contribution in [3.05, 3.63) is 51.7 Å².